The number of benzene rings is 1. The zero-order chi connectivity index (χ0) is 15.2. The zero-order valence-electron chi connectivity index (χ0n) is 13.5. The van der Waals surface area contributed by atoms with Crippen LogP contribution in [-0.4, -0.2) is 18.5 Å². The Labute approximate surface area is 128 Å². The van der Waals surface area contributed by atoms with Crippen LogP contribution in [0, 0.1) is 5.92 Å². The molecule has 2 unspecified atom stereocenters. The van der Waals surface area contributed by atoms with E-state index in [1.807, 2.05) is 0 Å². The normalized spacial score (nSPS) is 22.3. The van der Waals surface area contributed by atoms with Crippen molar-refractivity contribution in [3.8, 4) is 0 Å². The third-order valence-corrected chi connectivity index (χ3v) is 4.52. The monoisotopic (exact) mass is 288 g/mol. The second-order valence-corrected chi connectivity index (χ2v) is 6.42. The van der Waals surface area contributed by atoms with Crippen molar-refractivity contribution in [1.29, 1.82) is 0 Å². The van der Waals surface area contributed by atoms with Crippen molar-refractivity contribution in [2.24, 2.45) is 5.92 Å². The van der Waals surface area contributed by atoms with Gasteiger partial charge < -0.3 is 10.6 Å². The summed E-state index contributed by atoms with van der Waals surface area (Å²) in [5.74, 6) is 1.37. The summed E-state index contributed by atoms with van der Waals surface area (Å²) < 4.78 is 0. The first kappa shape index (κ1) is 16.0. The Hall–Kier alpha value is -1.35. The summed E-state index contributed by atoms with van der Waals surface area (Å²) in [5.41, 5.74) is 2.50. The third-order valence-electron chi connectivity index (χ3n) is 4.52. The van der Waals surface area contributed by atoms with Gasteiger partial charge in [0, 0.05) is 6.54 Å². The van der Waals surface area contributed by atoms with Crippen molar-refractivity contribution >= 4 is 5.91 Å². The number of carbonyl (C=O) groups excluding carboxylic acids is 1. The van der Waals surface area contributed by atoms with Gasteiger partial charge in [0.1, 0.15) is 0 Å². The summed E-state index contributed by atoms with van der Waals surface area (Å²) in [6, 6.07) is 8.51. The molecule has 0 bridgehead atoms. The second-order valence-electron chi connectivity index (χ2n) is 6.42. The van der Waals surface area contributed by atoms with Crippen molar-refractivity contribution in [3.05, 3.63) is 35.4 Å². The standard InChI is InChI=1S/C18H28N2O/c1-4-14-9-10-19-17(11-14)18(21)20-12-15-5-7-16(8-6-15)13(2)3/h5-8,13-14,17,19H,4,9-12H2,1-3H3,(H,20,21). The van der Waals surface area contributed by atoms with Gasteiger partial charge in [-0.25, -0.2) is 0 Å². The molecule has 1 fully saturated rings. The number of piperidine rings is 1. The highest BCUT2D eigenvalue weighted by Gasteiger charge is 2.25. The lowest BCUT2D eigenvalue weighted by molar-refractivity contribution is -0.124. The van der Waals surface area contributed by atoms with Gasteiger partial charge in [-0.2, -0.15) is 0 Å². The van der Waals surface area contributed by atoms with Crippen molar-refractivity contribution < 1.29 is 4.79 Å². The second kappa shape index (κ2) is 7.60. The predicted octanol–water partition coefficient (Wildman–Crippen LogP) is 3.20. The molecule has 0 spiro atoms. The average molecular weight is 288 g/mol. The zero-order valence-corrected chi connectivity index (χ0v) is 13.5. The Bertz CT molecular complexity index is 453. The molecule has 3 nitrogen and oxygen atoms in total. The van der Waals surface area contributed by atoms with E-state index in [9.17, 15) is 4.79 Å². The summed E-state index contributed by atoms with van der Waals surface area (Å²) in [7, 11) is 0. The molecule has 1 aromatic rings. The largest absolute Gasteiger partial charge is 0.351 e. The predicted molar refractivity (Wildman–Crippen MR) is 87.2 cm³/mol. The summed E-state index contributed by atoms with van der Waals surface area (Å²) in [6.07, 6.45) is 3.33. The van der Waals surface area contributed by atoms with E-state index in [4.69, 9.17) is 0 Å². The first-order valence-corrected chi connectivity index (χ1v) is 8.20. The molecule has 2 rings (SSSR count). The van der Waals surface area contributed by atoms with Gasteiger partial charge in [0.05, 0.1) is 6.04 Å². The van der Waals surface area contributed by atoms with Gasteiger partial charge in [0.2, 0.25) is 5.91 Å². The van der Waals surface area contributed by atoms with E-state index in [0.717, 1.165) is 18.5 Å². The van der Waals surface area contributed by atoms with Gasteiger partial charge in [-0.1, -0.05) is 51.5 Å². The third kappa shape index (κ3) is 4.57. The van der Waals surface area contributed by atoms with Crippen LogP contribution in [-0.2, 0) is 11.3 Å². The molecule has 0 aliphatic carbocycles. The van der Waals surface area contributed by atoms with Crippen LogP contribution in [0.2, 0.25) is 0 Å². The number of nitrogens with one attached hydrogen (secondary N) is 2. The molecule has 0 saturated carbocycles. The molecule has 1 aliphatic heterocycles. The molecule has 1 saturated heterocycles. The van der Waals surface area contributed by atoms with Gasteiger partial charge in [0.15, 0.2) is 0 Å². The molecule has 2 atom stereocenters. The van der Waals surface area contributed by atoms with Crippen LogP contribution in [0.1, 0.15) is 57.1 Å². The molecule has 0 aromatic heterocycles. The smallest absolute Gasteiger partial charge is 0.237 e. The van der Waals surface area contributed by atoms with Gasteiger partial charge in [-0.3, -0.25) is 4.79 Å². The fraction of sp³-hybridized carbons (Fsp3) is 0.611. The van der Waals surface area contributed by atoms with E-state index in [1.165, 1.54) is 18.4 Å². The van der Waals surface area contributed by atoms with Gasteiger partial charge >= 0.3 is 0 Å². The SMILES string of the molecule is CCC1CCNC(C(=O)NCc2ccc(C(C)C)cc2)C1. The number of carbonyl (C=O) groups is 1. The summed E-state index contributed by atoms with van der Waals surface area (Å²) in [5, 5.41) is 6.39. The van der Waals surface area contributed by atoms with E-state index in [-0.39, 0.29) is 11.9 Å². The average Bonchev–Trinajstić information content (AvgIpc) is 2.53. The maximum atomic E-state index is 12.2. The Balaban J connectivity index is 1.83. The van der Waals surface area contributed by atoms with Gasteiger partial charge in [-0.05, 0) is 42.3 Å². The first-order valence-electron chi connectivity index (χ1n) is 8.20. The Morgan fingerprint density at radius 1 is 1.33 bits per heavy atom. The molecular formula is C18H28N2O. The highest BCUT2D eigenvalue weighted by atomic mass is 16.2. The van der Waals surface area contributed by atoms with E-state index in [0.29, 0.717) is 18.4 Å². The molecule has 1 aliphatic rings. The number of amides is 1. The van der Waals surface area contributed by atoms with Gasteiger partial charge in [-0.15, -0.1) is 0 Å². The van der Waals surface area contributed by atoms with Crippen LogP contribution in [0.15, 0.2) is 24.3 Å². The van der Waals surface area contributed by atoms with Crippen LogP contribution in [0.3, 0.4) is 0 Å². The number of hydrogen-bond donors (Lipinski definition) is 2. The van der Waals surface area contributed by atoms with Crippen molar-refractivity contribution in [2.75, 3.05) is 6.54 Å². The molecule has 0 radical (unpaired) electrons. The molecule has 116 valence electrons. The maximum Gasteiger partial charge on any atom is 0.237 e. The lowest BCUT2D eigenvalue weighted by Gasteiger charge is -2.28. The fourth-order valence-corrected chi connectivity index (χ4v) is 2.90. The number of hydrogen-bond acceptors (Lipinski definition) is 2. The molecule has 1 heterocycles. The van der Waals surface area contributed by atoms with Crippen molar-refractivity contribution in [2.45, 2.75) is 58.5 Å². The first-order chi connectivity index (χ1) is 10.1. The van der Waals surface area contributed by atoms with Crippen LogP contribution < -0.4 is 10.6 Å². The quantitative estimate of drug-likeness (QED) is 0.873. The molecule has 3 heteroatoms. The van der Waals surface area contributed by atoms with Crippen molar-refractivity contribution in [1.82, 2.24) is 10.6 Å². The minimum Gasteiger partial charge on any atom is -0.351 e. The molecule has 21 heavy (non-hydrogen) atoms. The maximum absolute atomic E-state index is 12.2. The summed E-state index contributed by atoms with van der Waals surface area (Å²) in [4.78, 5) is 12.2. The highest BCUT2D eigenvalue weighted by Crippen LogP contribution is 2.19. The van der Waals surface area contributed by atoms with Crippen LogP contribution in [0.25, 0.3) is 0 Å². The fourth-order valence-electron chi connectivity index (χ4n) is 2.90. The molecule has 1 aromatic carbocycles. The Kier molecular flexibility index (Phi) is 5.80. The lowest BCUT2D eigenvalue weighted by atomic mass is 9.90. The molecular weight excluding hydrogens is 260 g/mol. The molecule has 1 amide bonds. The van der Waals surface area contributed by atoms with Crippen LogP contribution in [0.4, 0.5) is 0 Å². The van der Waals surface area contributed by atoms with Crippen LogP contribution >= 0.6 is 0 Å². The minimum atomic E-state index is -0.0152. The van der Waals surface area contributed by atoms with E-state index in [2.05, 4.69) is 55.7 Å². The highest BCUT2D eigenvalue weighted by molar-refractivity contribution is 5.81. The lowest BCUT2D eigenvalue weighted by Crippen LogP contribution is -2.48. The Morgan fingerprint density at radius 3 is 2.67 bits per heavy atom. The van der Waals surface area contributed by atoms with E-state index < -0.39 is 0 Å². The topological polar surface area (TPSA) is 41.1 Å². The number of rotatable bonds is 5. The molecule has 2 N–H and O–H groups in total. The van der Waals surface area contributed by atoms with Crippen molar-refractivity contribution in [3.63, 3.8) is 0 Å². The minimum absolute atomic E-state index is 0.0152. The summed E-state index contributed by atoms with van der Waals surface area (Å²) in [6.45, 7) is 8.17. The van der Waals surface area contributed by atoms with E-state index in [1.54, 1.807) is 0 Å². The van der Waals surface area contributed by atoms with Gasteiger partial charge in [0.25, 0.3) is 0 Å². The van der Waals surface area contributed by atoms with E-state index >= 15 is 0 Å². The summed E-state index contributed by atoms with van der Waals surface area (Å²) >= 11 is 0. The van der Waals surface area contributed by atoms with Crippen LogP contribution in [0.5, 0.6) is 0 Å². The Morgan fingerprint density at radius 2 is 2.05 bits per heavy atom.